The molecular formula is C21H28N4O3S. The predicted octanol–water partition coefficient (Wildman–Crippen LogP) is 2.55. The number of benzene rings is 1. The van der Waals surface area contributed by atoms with E-state index >= 15 is 0 Å². The Kier molecular flexibility index (Phi) is 7.33. The van der Waals surface area contributed by atoms with Gasteiger partial charge in [0, 0.05) is 49.7 Å². The van der Waals surface area contributed by atoms with E-state index in [9.17, 15) is 4.79 Å². The lowest BCUT2D eigenvalue weighted by atomic mass is 10.1. The van der Waals surface area contributed by atoms with Crippen molar-refractivity contribution >= 4 is 17.7 Å². The summed E-state index contributed by atoms with van der Waals surface area (Å²) in [6.07, 6.45) is 0. The van der Waals surface area contributed by atoms with Crippen LogP contribution in [0.1, 0.15) is 17.0 Å². The van der Waals surface area contributed by atoms with Crippen molar-refractivity contribution in [1.29, 1.82) is 0 Å². The molecule has 2 heterocycles. The van der Waals surface area contributed by atoms with Gasteiger partial charge < -0.3 is 14.4 Å². The van der Waals surface area contributed by atoms with Gasteiger partial charge in [-0.1, -0.05) is 11.8 Å². The highest BCUT2D eigenvalue weighted by Gasteiger charge is 2.22. The summed E-state index contributed by atoms with van der Waals surface area (Å²) in [7, 11) is 3.34. The predicted molar refractivity (Wildman–Crippen MR) is 114 cm³/mol. The molecule has 156 valence electrons. The molecule has 1 amide bonds. The second-order valence-corrected chi connectivity index (χ2v) is 8.00. The molecule has 1 saturated heterocycles. The Morgan fingerprint density at radius 3 is 2.34 bits per heavy atom. The summed E-state index contributed by atoms with van der Waals surface area (Å²) < 4.78 is 10.8. The summed E-state index contributed by atoms with van der Waals surface area (Å²) in [5.41, 5.74) is 2.94. The summed E-state index contributed by atoms with van der Waals surface area (Å²) >= 11 is 1.41. The first kappa shape index (κ1) is 21.4. The number of methoxy groups -OCH3 is 2. The molecule has 0 radical (unpaired) electrons. The SMILES string of the molecule is COc1ccc(OC)c(CN2CCN(C(=O)CSc3nc(C)cc(C)n3)CC2)c1. The highest BCUT2D eigenvalue weighted by molar-refractivity contribution is 7.99. The summed E-state index contributed by atoms with van der Waals surface area (Å²) in [6, 6.07) is 7.77. The van der Waals surface area contributed by atoms with Crippen molar-refractivity contribution in [2.45, 2.75) is 25.5 Å². The van der Waals surface area contributed by atoms with Crippen molar-refractivity contribution in [1.82, 2.24) is 19.8 Å². The van der Waals surface area contributed by atoms with E-state index in [0.29, 0.717) is 10.9 Å². The maximum Gasteiger partial charge on any atom is 0.233 e. The number of piperazine rings is 1. The zero-order chi connectivity index (χ0) is 20.8. The van der Waals surface area contributed by atoms with Gasteiger partial charge in [-0.3, -0.25) is 9.69 Å². The van der Waals surface area contributed by atoms with E-state index < -0.39 is 0 Å². The molecule has 0 bridgehead atoms. The molecule has 29 heavy (non-hydrogen) atoms. The minimum atomic E-state index is 0.136. The first-order chi connectivity index (χ1) is 14.0. The maximum absolute atomic E-state index is 12.6. The van der Waals surface area contributed by atoms with Gasteiger partial charge in [-0.25, -0.2) is 9.97 Å². The van der Waals surface area contributed by atoms with Gasteiger partial charge in [0.15, 0.2) is 5.16 Å². The van der Waals surface area contributed by atoms with Crippen LogP contribution in [-0.2, 0) is 11.3 Å². The van der Waals surface area contributed by atoms with Gasteiger partial charge in [0.05, 0.1) is 20.0 Å². The highest BCUT2D eigenvalue weighted by Crippen LogP contribution is 2.25. The van der Waals surface area contributed by atoms with Crippen LogP contribution in [0.3, 0.4) is 0 Å². The normalized spacial score (nSPS) is 14.7. The third-order valence-corrected chi connectivity index (χ3v) is 5.73. The zero-order valence-electron chi connectivity index (χ0n) is 17.5. The Bertz CT molecular complexity index is 834. The second-order valence-electron chi connectivity index (χ2n) is 7.06. The lowest BCUT2D eigenvalue weighted by molar-refractivity contribution is -0.130. The Morgan fingerprint density at radius 2 is 1.72 bits per heavy atom. The Labute approximate surface area is 176 Å². The quantitative estimate of drug-likeness (QED) is 0.508. The molecule has 0 atom stereocenters. The smallest absolute Gasteiger partial charge is 0.233 e. The molecule has 1 aliphatic heterocycles. The Hall–Kier alpha value is -2.32. The number of ether oxygens (including phenoxy) is 2. The van der Waals surface area contributed by atoms with E-state index in [0.717, 1.165) is 61.2 Å². The number of aromatic nitrogens is 2. The number of thioether (sulfide) groups is 1. The average Bonchev–Trinajstić information content (AvgIpc) is 2.72. The van der Waals surface area contributed by atoms with Gasteiger partial charge in [-0.2, -0.15) is 0 Å². The van der Waals surface area contributed by atoms with Crippen LogP contribution in [0, 0.1) is 13.8 Å². The third-order valence-electron chi connectivity index (χ3n) is 4.89. The van der Waals surface area contributed by atoms with Crippen LogP contribution in [0.2, 0.25) is 0 Å². The Balaban J connectivity index is 1.50. The van der Waals surface area contributed by atoms with Crippen molar-refractivity contribution in [2.75, 3.05) is 46.2 Å². The van der Waals surface area contributed by atoms with Gasteiger partial charge in [-0.05, 0) is 38.1 Å². The molecule has 3 rings (SSSR count). The van der Waals surface area contributed by atoms with Gasteiger partial charge in [0.2, 0.25) is 5.91 Å². The molecule has 0 aliphatic carbocycles. The number of nitrogens with zero attached hydrogens (tertiary/aromatic N) is 4. The van der Waals surface area contributed by atoms with Crippen LogP contribution >= 0.6 is 11.8 Å². The molecule has 0 unspecified atom stereocenters. The topological polar surface area (TPSA) is 67.8 Å². The first-order valence-corrected chi connectivity index (χ1v) is 10.6. The monoisotopic (exact) mass is 416 g/mol. The lowest BCUT2D eigenvalue weighted by Gasteiger charge is -2.35. The summed E-state index contributed by atoms with van der Waals surface area (Å²) in [6.45, 7) is 7.76. The number of aryl methyl sites for hydroxylation is 2. The van der Waals surface area contributed by atoms with E-state index in [-0.39, 0.29) is 5.91 Å². The highest BCUT2D eigenvalue weighted by atomic mass is 32.2. The number of carbonyl (C=O) groups is 1. The van der Waals surface area contributed by atoms with E-state index in [1.165, 1.54) is 11.8 Å². The fourth-order valence-electron chi connectivity index (χ4n) is 3.38. The molecule has 1 fully saturated rings. The van der Waals surface area contributed by atoms with Crippen LogP contribution in [0.25, 0.3) is 0 Å². The summed E-state index contributed by atoms with van der Waals surface area (Å²) in [5.74, 6) is 2.18. The van der Waals surface area contributed by atoms with Crippen molar-refractivity contribution in [3.8, 4) is 11.5 Å². The molecule has 8 heteroatoms. The molecule has 0 saturated carbocycles. The van der Waals surface area contributed by atoms with Crippen LogP contribution in [-0.4, -0.2) is 71.8 Å². The zero-order valence-corrected chi connectivity index (χ0v) is 18.3. The fraction of sp³-hybridized carbons (Fsp3) is 0.476. The molecule has 2 aromatic rings. The van der Waals surface area contributed by atoms with Gasteiger partial charge in [-0.15, -0.1) is 0 Å². The molecule has 1 aliphatic rings. The number of rotatable bonds is 7. The largest absolute Gasteiger partial charge is 0.497 e. The molecule has 1 aromatic carbocycles. The average molecular weight is 417 g/mol. The number of carbonyl (C=O) groups excluding carboxylic acids is 1. The van der Waals surface area contributed by atoms with E-state index in [2.05, 4.69) is 14.9 Å². The van der Waals surface area contributed by atoms with Crippen LogP contribution < -0.4 is 9.47 Å². The Morgan fingerprint density at radius 1 is 1.03 bits per heavy atom. The van der Waals surface area contributed by atoms with Gasteiger partial charge >= 0.3 is 0 Å². The maximum atomic E-state index is 12.6. The number of hydrogen-bond donors (Lipinski definition) is 0. The first-order valence-electron chi connectivity index (χ1n) is 9.64. The molecule has 0 N–H and O–H groups in total. The van der Waals surface area contributed by atoms with Crippen molar-refractivity contribution < 1.29 is 14.3 Å². The third kappa shape index (κ3) is 5.83. The minimum Gasteiger partial charge on any atom is -0.497 e. The van der Waals surface area contributed by atoms with Crippen molar-refractivity contribution in [2.24, 2.45) is 0 Å². The van der Waals surface area contributed by atoms with Crippen LogP contribution in [0.4, 0.5) is 0 Å². The number of hydrogen-bond acceptors (Lipinski definition) is 7. The van der Waals surface area contributed by atoms with Crippen molar-refractivity contribution in [3.63, 3.8) is 0 Å². The van der Waals surface area contributed by atoms with Crippen LogP contribution in [0.15, 0.2) is 29.4 Å². The van der Waals surface area contributed by atoms with E-state index in [4.69, 9.17) is 9.47 Å². The van der Waals surface area contributed by atoms with Gasteiger partial charge in [0.1, 0.15) is 11.5 Å². The molecule has 0 spiro atoms. The minimum absolute atomic E-state index is 0.136. The van der Waals surface area contributed by atoms with E-state index in [1.807, 2.05) is 43.0 Å². The second kappa shape index (κ2) is 9.93. The summed E-state index contributed by atoms with van der Waals surface area (Å²) in [5, 5.41) is 0.666. The molecule has 7 nitrogen and oxygen atoms in total. The molecule has 1 aromatic heterocycles. The van der Waals surface area contributed by atoms with Crippen molar-refractivity contribution in [3.05, 3.63) is 41.2 Å². The van der Waals surface area contributed by atoms with Gasteiger partial charge in [0.25, 0.3) is 0 Å². The van der Waals surface area contributed by atoms with Crippen LogP contribution in [0.5, 0.6) is 11.5 Å². The fourth-order valence-corrected chi connectivity index (χ4v) is 4.23. The number of amides is 1. The summed E-state index contributed by atoms with van der Waals surface area (Å²) in [4.78, 5) is 25.6. The standard InChI is InChI=1S/C21H28N4O3S/c1-15-11-16(2)23-21(22-15)29-14-20(26)25-9-7-24(8-10-25)13-17-12-18(27-3)5-6-19(17)28-4/h5-6,11-12H,7-10,13-14H2,1-4H3. The lowest BCUT2D eigenvalue weighted by Crippen LogP contribution is -2.48. The molecular weight excluding hydrogens is 388 g/mol. The van der Waals surface area contributed by atoms with E-state index in [1.54, 1.807) is 14.2 Å².